The van der Waals surface area contributed by atoms with E-state index in [4.69, 9.17) is 14.2 Å². The summed E-state index contributed by atoms with van der Waals surface area (Å²) in [5.41, 5.74) is -0.156. The Balaban J connectivity index is 1.70. The molecule has 1 saturated carbocycles. The molecule has 3 rings (SSSR count). The SMILES string of the molecule is CCOC(=O)N(C1CCC1C(=O)Oc1ccc([N+](=O)[O-])cc1)S(=O)(=O)CCN1CCOCC1. The zero-order chi connectivity index (χ0) is 24.0. The van der Waals surface area contributed by atoms with E-state index in [2.05, 4.69) is 0 Å². The molecule has 12 nitrogen and oxygen atoms in total. The van der Waals surface area contributed by atoms with Crippen molar-refractivity contribution in [2.75, 3.05) is 45.2 Å². The number of morpholine rings is 1. The first-order chi connectivity index (χ1) is 15.7. The lowest BCUT2D eigenvalue weighted by atomic mass is 9.79. The number of nitro benzene ring substituents is 1. The second kappa shape index (κ2) is 10.9. The van der Waals surface area contributed by atoms with Crippen LogP contribution < -0.4 is 4.74 Å². The van der Waals surface area contributed by atoms with E-state index >= 15 is 0 Å². The van der Waals surface area contributed by atoms with Gasteiger partial charge in [-0.25, -0.2) is 17.5 Å². The Bertz CT molecular complexity index is 961. The third kappa shape index (κ3) is 6.18. The monoisotopic (exact) mass is 485 g/mol. The fraction of sp³-hybridized carbons (Fsp3) is 0.600. The van der Waals surface area contributed by atoms with Crippen molar-refractivity contribution in [3.8, 4) is 5.75 Å². The van der Waals surface area contributed by atoms with Crippen molar-refractivity contribution in [3.63, 3.8) is 0 Å². The molecule has 33 heavy (non-hydrogen) atoms. The van der Waals surface area contributed by atoms with E-state index in [1.807, 2.05) is 4.90 Å². The molecule has 1 aromatic carbocycles. The lowest BCUT2D eigenvalue weighted by molar-refractivity contribution is -0.384. The van der Waals surface area contributed by atoms with Crippen molar-refractivity contribution < 1.29 is 37.1 Å². The second-order valence-corrected chi connectivity index (χ2v) is 9.65. The zero-order valence-electron chi connectivity index (χ0n) is 18.3. The molecule has 1 aromatic rings. The Kier molecular flexibility index (Phi) is 8.21. The maximum atomic E-state index is 13.1. The van der Waals surface area contributed by atoms with Crippen molar-refractivity contribution in [2.45, 2.75) is 25.8 Å². The number of ether oxygens (including phenoxy) is 3. The predicted molar refractivity (Wildman–Crippen MR) is 115 cm³/mol. The first-order valence-corrected chi connectivity index (χ1v) is 12.3. The molecule has 0 aromatic heterocycles. The van der Waals surface area contributed by atoms with Crippen LogP contribution in [-0.2, 0) is 24.3 Å². The minimum absolute atomic E-state index is 0.0149. The van der Waals surface area contributed by atoms with Gasteiger partial charge >= 0.3 is 12.1 Å². The van der Waals surface area contributed by atoms with Gasteiger partial charge in [0, 0.05) is 31.8 Å². The molecule has 2 unspecified atom stereocenters. The number of rotatable bonds is 9. The van der Waals surface area contributed by atoms with Crippen LogP contribution in [0.2, 0.25) is 0 Å². The van der Waals surface area contributed by atoms with Crippen molar-refractivity contribution >= 4 is 27.8 Å². The fourth-order valence-electron chi connectivity index (χ4n) is 3.68. The highest BCUT2D eigenvalue weighted by Gasteiger charge is 2.48. The van der Waals surface area contributed by atoms with Crippen LogP contribution in [0.4, 0.5) is 10.5 Å². The minimum Gasteiger partial charge on any atom is -0.449 e. The largest absolute Gasteiger partial charge is 0.449 e. The van der Waals surface area contributed by atoms with Gasteiger partial charge < -0.3 is 14.2 Å². The highest BCUT2D eigenvalue weighted by Crippen LogP contribution is 2.36. The Morgan fingerprint density at radius 1 is 1.21 bits per heavy atom. The Labute approximate surface area is 191 Å². The number of esters is 1. The van der Waals surface area contributed by atoms with Crippen molar-refractivity contribution in [1.82, 2.24) is 9.21 Å². The van der Waals surface area contributed by atoms with Gasteiger partial charge in [-0.2, -0.15) is 0 Å². The third-order valence-electron chi connectivity index (χ3n) is 5.62. The molecular weight excluding hydrogens is 458 g/mol. The second-order valence-electron chi connectivity index (χ2n) is 7.69. The van der Waals surface area contributed by atoms with Gasteiger partial charge in [-0.3, -0.25) is 19.8 Å². The van der Waals surface area contributed by atoms with E-state index in [0.29, 0.717) is 43.5 Å². The Morgan fingerprint density at radius 3 is 2.42 bits per heavy atom. The summed E-state index contributed by atoms with van der Waals surface area (Å²) < 4.78 is 42.4. The molecule has 0 spiro atoms. The van der Waals surface area contributed by atoms with E-state index in [1.165, 1.54) is 24.3 Å². The standard InChI is InChI=1S/C20H27N3O9S/c1-2-31-20(25)22(33(28,29)14-11-21-9-12-30-13-10-21)18-8-7-17(18)19(24)32-16-5-3-15(4-6-16)23(26)27/h3-6,17-18H,2,7-14H2,1H3. The number of nitrogens with zero attached hydrogens (tertiary/aromatic N) is 3. The van der Waals surface area contributed by atoms with Crippen LogP contribution >= 0.6 is 0 Å². The average Bonchev–Trinajstić information content (AvgIpc) is 2.76. The minimum atomic E-state index is -4.06. The Hall–Kier alpha value is -2.77. The molecule has 0 bridgehead atoms. The number of carbonyl (C=O) groups excluding carboxylic acids is 2. The summed E-state index contributed by atoms with van der Waals surface area (Å²) in [5.74, 6) is -1.78. The maximum Gasteiger partial charge on any atom is 0.423 e. The molecule has 0 N–H and O–H groups in total. The third-order valence-corrected chi connectivity index (χ3v) is 7.34. The van der Waals surface area contributed by atoms with E-state index in [0.717, 1.165) is 0 Å². The van der Waals surface area contributed by atoms with Crippen LogP contribution in [0.1, 0.15) is 19.8 Å². The van der Waals surface area contributed by atoms with Crippen LogP contribution in [0.15, 0.2) is 24.3 Å². The number of hydrogen-bond donors (Lipinski definition) is 0. The molecule has 182 valence electrons. The molecule has 2 atom stereocenters. The number of non-ortho nitro benzene ring substituents is 1. The van der Waals surface area contributed by atoms with Crippen LogP contribution in [0.25, 0.3) is 0 Å². The number of nitro groups is 1. The molecule has 1 heterocycles. The van der Waals surface area contributed by atoms with Gasteiger partial charge in [0.15, 0.2) is 0 Å². The fourth-order valence-corrected chi connectivity index (χ4v) is 5.31. The van der Waals surface area contributed by atoms with Crippen molar-refractivity contribution in [1.29, 1.82) is 0 Å². The summed E-state index contributed by atoms with van der Waals surface area (Å²) in [4.78, 5) is 37.4. The molecule has 1 saturated heterocycles. The van der Waals surface area contributed by atoms with Gasteiger partial charge in [-0.05, 0) is 31.9 Å². The smallest absolute Gasteiger partial charge is 0.423 e. The number of carbonyl (C=O) groups is 2. The van der Waals surface area contributed by atoms with E-state index in [-0.39, 0.29) is 30.3 Å². The van der Waals surface area contributed by atoms with Crippen LogP contribution in [0.3, 0.4) is 0 Å². The summed E-state index contributed by atoms with van der Waals surface area (Å²) in [6.07, 6.45) is -0.376. The van der Waals surface area contributed by atoms with E-state index in [9.17, 15) is 28.1 Å². The lowest BCUT2D eigenvalue weighted by Gasteiger charge is -2.41. The van der Waals surface area contributed by atoms with Gasteiger partial charge in [0.1, 0.15) is 5.75 Å². The van der Waals surface area contributed by atoms with E-state index in [1.54, 1.807) is 6.92 Å². The quantitative estimate of drug-likeness (QED) is 0.218. The van der Waals surface area contributed by atoms with Gasteiger partial charge in [-0.1, -0.05) is 0 Å². The first kappa shape index (κ1) is 24.9. The molecule has 1 aliphatic carbocycles. The summed E-state index contributed by atoms with van der Waals surface area (Å²) >= 11 is 0. The first-order valence-electron chi connectivity index (χ1n) is 10.7. The molecule has 1 aliphatic heterocycles. The topological polar surface area (TPSA) is 146 Å². The van der Waals surface area contributed by atoms with Crippen LogP contribution in [0, 0.1) is 16.0 Å². The molecule has 1 amide bonds. The summed E-state index contributed by atoms with van der Waals surface area (Å²) in [5, 5.41) is 10.8. The normalized spacial score (nSPS) is 21.0. The molecule has 2 aliphatic rings. The number of benzene rings is 1. The predicted octanol–water partition coefficient (Wildman–Crippen LogP) is 1.40. The Morgan fingerprint density at radius 2 is 1.88 bits per heavy atom. The summed E-state index contributed by atoms with van der Waals surface area (Å²) in [6, 6.07) is 4.05. The molecule has 0 radical (unpaired) electrons. The van der Waals surface area contributed by atoms with E-state index < -0.39 is 39.0 Å². The highest BCUT2D eigenvalue weighted by atomic mass is 32.2. The molecular formula is C20H27N3O9S. The van der Waals surface area contributed by atoms with Gasteiger partial charge in [0.25, 0.3) is 5.69 Å². The van der Waals surface area contributed by atoms with Crippen LogP contribution in [0.5, 0.6) is 5.75 Å². The molecule has 2 fully saturated rings. The summed E-state index contributed by atoms with van der Waals surface area (Å²) in [6.45, 7) is 4.01. The van der Waals surface area contributed by atoms with Gasteiger partial charge in [0.2, 0.25) is 10.0 Å². The number of hydrogen-bond acceptors (Lipinski definition) is 10. The summed E-state index contributed by atoms with van der Waals surface area (Å²) in [7, 11) is -4.06. The molecule has 13 heteroatoms. The van der Waals surface area contributed by atoms with Crippen molar-refractivity contribution in [3.05, 3.63) is 34.4 Å². The van der Waals surface area contributed by atoms with Crippen molar-refractivity contribution in [2.24, 2.45) is 5.92 Å². The van der Waals surface area contributed by atoms with Crippen LogP contribution in [-0.4, -0.2) is 85.9 Å². The number of amides is 1. The maximum absolute atomic E-state index is 13.1. The average molecular weight is 486 g/mol. The van der Waals surface area contributed by atoms with Gasteiger partial charge in [0.05, 0.1) is 42.5 Å². The van der Waals surface area contributed by atoms with Gasteiger partial charge in [-0.15, -0.1) is 0 Å². The number of sulfonamides is 1. The highest BCUT2D eigenvalue weighted by molar-refractivity contribution is 7.89. The zero-order valence-corrected chi connectivity index (χ0v) is 19.1. The lowest BCUT2D eigenvalue weighted by Crippen LogP contribution is -2.57.